The van der Waals surface area contributed by atoms with Crippen LogP contribution in [0.15, 0.2) is 30.3 Å². The molecule has 25 heavy (non-hydrogen) atoms. The highest BCUT2D eigenvalue weighted by Gasteiger charge is 2.22. The molecule has 2 amide bonds. The lowest BCUT2D eigenvalue weighted by Gasteiger charge is -2.36. The van der Waals surface area contributed by atoms with Crippen molar-refractivity contribution in [1.29, 1.82) is 0 Å². The van der Waals surface area contributed by atoms with E-state index in [1.165, 1.54) is 10.6 Å². The molecule has 138 valence electrons. The smallest absolute Gasteiger partial charge is 0.240 e. The van der Waals surface area contributed by atoms with Crippen molar-refractivity contribution >= 4 is 17.5 Å². The Balaban J connectivity index is 1.75. The fraction of sp³-hybridized carbons (Fsp3) is 0.579. The average Bonchev–Trinajstić information content (AvgIpc) is 2.54. The van der Waals surface area contributed by atoms with Gasteiger partial charge < -0.3 is 15.1 Å². The van der Waals surface area contributed by atoms with Crippen LogP contribution in [0.2, 0.25) is 0 Å². The quantitative estimate of drug-likeness (QED) is 0.870. The van der Waals surface area contributed by atoms with Crippen molar-refractivity contribution in [2.75, 3.05) is 51.2 Å². The molecule has 1 heterocycles. The first-order chi connectivity index (χ1) is 11.7. The molecule has 1 aromatic rings. The van der Waals surface area contributed by atoms with Crippen LogP contribution in [-0.2, 0) is 9.59 Å². The van der Waals surface area contributed by atoms with Crippen LogP contribution < -0.4 is 10.2 Å². The maximum Gasteiger partial charge on any atom is 0.240 e. The summed E-state index contributed by atoms with van der Waals surface area (Å²) in [4.78, 5) is 30.3. The maximum absolute atomic E-state index is 12.4. The van der Waals surface area contributed by atoms with Crippen LogP contribution in [0.3, 0.4) is 0 Å². The highest BCUT2D eigenvalue weighted by atomic mass is 16.2. The molecule has 1 aromatic carbocycles. The standard InChI is InChI=1S/C19H30N4O2/c1-19(2,3)20-17(24)14-21(4)18(25)15-22-10-12-23(13-11-22)16-8-6-5-7-9-16/h5-9H,10-15H2,1-4H3,(H,20,24). The Bertz CT molecular complexity index is 575. The molecule has 1 N–H and O–H groups in total. The van der Waals surface area contributed by atoms with E-state index >= 15 is 0 Å². The average molecular weight is 346 g/mol. The molecule has 1 fully saturated rings. The molecule has 0 atom stereocenters. The van der Waals surface area contributed by atoms with Crippen molar-refractivity contribution in [2.45, 2.75) is 26.3 Å². The molecule has 1 aliphatic rings. The van der Waals surface area contributed by atoms with E-state index in [4.69, 9.17) is 0 Å². The minimum atomic E-state index is -0.283. The first-order valence-electron chi connectivity index (χ1n) is 8.82. The molecule has 0 unspecified atom stereocenters. The Morgan fingerprint density at radius 1 is 1.08 bits per heavy atom. The molecule has 0 saturated carbocycles. The number of amides is 2. The Kier molecular flexibility index (Phi) is 6.42. The third-order valence-corrected chi connectivity index (χ3v) is 4.17. The molecule has 6 heteroatoms. The second-order valence-electron chi connectivity index (χ2n) is 7.65. The third kappa shape index (κ3) is 6.38. The van der Waals surface area contributed by atoms with Crippen molar-refractivity contribution in [3.05, 3.63) is 30.3 Å². The van der Waals surface area contributed by atoms with Crippen LogP contribution in [0, 0.1) is 0 Å². The molecule has 2 rings (SSSR count). The highest BCUT2D eigenvalue weighted by Crippen LogP contribution is 2.15. The van der Waals surface area contributed by atoms with Crippen LogP contribution in [0.1, 0.15) is 20.8 Å². The molecule has 0 spiro atoms. The van der Waals surface area contributed by atoms with Gasteiger partial charge in [0.2, 0.25) is 11.8 Å². The first kappa shape index (κ1) is 19.2. The number of anilines is 1. The van der Waals surface area contributed by atoms with Gasteiger partial charge in [-0.3, -0.25) is 14.5 Å². The Hall–Kier alpha value is -2.08. The highest BCUT2D eigenvalue weighted by molar-refractivity contribution is 5.85. The van der Waals surface area contributed by atoms with Crippen LogP contribution in [0.5, 0.6) is 0 Å². The summed E-state index contributed by atoms with van der Waals surface area (Å²) >= 11 is 0. The lowest BCUT2D eigenvalue weighted by molar-refractivity contribution is -0.136. The normalized spacial score (nSPS) is 15.8. The number of benzene rings is 1. The summed E-state index contributed by atoms with van der Waals surface area (Å²) in [5, 5.41) is 2.88. The summed E-state index contributed by atoms with van der Waals surface area (Å²) in [6, 6.07) is 10.3. The van der Waals surface area contributed by atoms with Gasteiger partial charge in [0.05, 0.1) is 13.1 Å². The summed E-state index contributed by atoms with van der Waals surface area (Å²) < 4.78 is 0. The largest absolute Gasteiger partial charge is 0.369 e. The molecule has 6 nitrogen and oxygen atoms in total. The number of likely N-dealkylation sites (N-methyl/N-ethyl adjacent to an activating group) is 1. The van der Waals surface area contributed by atoms with Crippen molar-refractivity contribution in [2.24, 2.45) is 0 Å². The van der Waals surface area contributed by atoms with Crippen LogP contribution in [0.4, 0.5) is 5.69 Å². The van der Waals surface area contributed by atoms with Crippen LogP contribution >= 0.6 is 0 Å². The van der Waals surface area contributed by atoms with E-state index in [0.29, 0.717) is 6.54 Å². The van der Waals surface area contributed by atoms with E-state index in [0.717, 1.165) is 26.2 Å². The SMILES string of the molecule is CN(CC(=O)NC(C)(C)C)C(=O)CN1CCN(c2ccccc2)CC1. The molecule has 0 radical (unpaired) electrons. The van der Waals surface area contributed by atoms with Crippen molar-refractivity contribution in [3.63, 3.8) is 0 Å². The van der Waals surface area contributed by atoms with Gasteiger partial charge in [0.1, 0.15) is 0 Å². The fourth-order valence-electron chi connectivity index (χ4n) is 2.88. The van der Waals surface area contributed by atoms with E-state index in [1.54, 1.807) is 7.05 Å². The number of carbonyl (C=O) groups excluding carboxylic acids is 2. The number of rotatable bonds is 5. The molecule has 0 aliphatic carbocycles. The van der Waals surface area contributed by atoms with E-state index in [9.17, 15) is 9.59 Å². The van der Waals surface area contributed by atoms with Crippen molar-refractivity contribution < 1.29 is 9.59 Å². The summed E-state index contributed by atoms with van der Waals surface area (Å²) in [5.41, 5.74) is 0.943. The summed E-state index contributed by atoms with van der Waals surface area (Å²) in [7, 11) is 1.69. The number of carbonyl (C=O) groups is 2. The maximum atomic E-state index is 12.4. The van der Waals surface area contributed by atoms with E-state index in [-0.39, 0.29) is 23.9 Å². The van der Waals surface area contributed by atoms with Crippen LogP contribution in [-0.4, -0.2) is 73.5 Å². The second-order valence-corrected chi connectivity index (χ2v) is 7.65. The lowest BCUT2D eigenvalue weighted by atomic mass is 10.1. The van der Waals surface area contributed by atoms with Gasteiger partial charge in [-0.2, -0.15) is 0 Å². The van der Waals surface area contributed by atoms with Gasteiger partial charge in [-0.05, 0) is 32.9 Å². The number of piperazine rings is 1. The summed E-state index contributed by atoms with van der Waals surface area (Å²) in [6.07, 6.45) is 0. The molecule has 1 aliphatic heterocycles. The van der Waals surface area contributed by atoms with Gasteiger partial charge in [0, 0.05) is 44.5 Å². The number of hydrogen-bond acceptors (Lipinski definition) is 4. The van der Waals surface area contributed by atoms with E-state index in [2.05, 4.69) is 27.2 Å². The van der Waals surface area contributed by atoms with Gasteiger partial charge in [0.15, 0.2) is 0 Å². The number of para-hydroxylation sites is 1. The minimum absolute atomic E-state index is 0.0165. The van der Waals surface area contributed by atoms with E-state index < -0.39 is 0 Å². The van der Waals surface area contributed by atoms with E-state index in [1.807, 2.05) is 39.0 Å². The number of nitrogens with zero attached hydrogens (tertiary/aromatic N) is 3. The van der Waals surface area contributed by atoms with Crippen molar-refractivity contribution in [1.82, 2.24) is 15.1 Å². The molecular formula is C19H30N4O2. The zero-order valence-corrected chi connectivity index (χ0v) is 15.8. The zero-order valence-electron chi connectivity index (χ0n) is 15.8. The minimum Gasteiger partial charge on any atom is -0.369 e. The monoisotopic (exact) mass is 346 g/mol. The summed E-state index contributed by atoms with van der Waals surface area (Å²) in [5.74, 6) is -0.144. The van der Waals surface area contributed by atoms with Crippen LogP contribution in [0.25, 0.3) is 0 Å². The Morgan fingerprint density at radius 2 is 1.68 bits per heavy atom. The topological polar surface area (TPSA) is 55.9 Å². The summed E-state index contributed by atoms with van der Waals surface area (Å²) in [6.45, 7) is 9.77. The van der Waals surface area contributed by atoms with Gasteiger partial charge in [-0.25, -0.2) is 0 Å². The zero-order chi connectivity index (χ0) is 18.4. The van der Waals surface area contributed by atoms with Gasteiger partial charge in [-0.1, -0.05) is 18.2 Å². The Morgan fingerprint density at radius 3 is 2.24 bits per heavy atom. The lowest BCUT2D eigenvalue weighted by Crippen LogP contribution is -2.51. The van der Waals surface area contributed by atoms with Crippen molar-refractivity contribution in [3.8, 4) is 0 Å². The first-order valence-corrected chi connectivity index (χ1v) is 8.82. The molecular weight excluding hydrogens is 316 g/mol. The third-order valence-electron chi connectivity index (χ3n) is 4.17. The number of hydrogen-bond donors (Lipinski definition) is 1. The fourth-order valence-corrected chi connectivity index (χ4v) is 2.88. The molecule has 1 saturated heterocycles. The predicted molar refractivity (Wildman–Crippen MR) is 101 cm³/mol. The predicted octanol–water partition coefficient (Wildman–Crippen LogP) is 1.18. The van der Waals surface area contributed by atoms with Gasteiger partial charge >= 0.3 is 0 Å². The molecule has 0 bridgehead atoms. The second kappa shape index (κ2) is 8.34. The Labute approximate surface area is 150 Å². The number of nitrogens with one attached hydrogen (secondary N) is 1. The van der Waals surface area contributed by atoms with Gasteiger partial charge in [0.25, 0.3) is 0 Å². The molecule has 0 aromatic heterocycles. The van der Waals surface area contributed by atoms with Gasteiger partial charge in [-0.15, -0.1) is 0 Å².